The van der Waals surface area contributed by atoms with Crippen LogP contribution in [0.5, 0.6) is 0 Å². The highest BCUT2D eigenvalue weighted by Crippen LogP contribution is 2.42. The summed E-state index contributed by atoms with van der Waals surface area (Å²) in [6.45, 7) is 5.50. The molecule has 2 heterocycles. The van der Waals surface area contributed by atoms with Crippen LogP contribution in [-0.2, 0) is 11.6 Å². The second-order valence-electron chi connectivity index (χ2n) is 6.35. The first kappa shape index (κ1) is 19.1. The summed E-state index contributed by atoms with van der Waals surface area (Å²) in [6.07, 6.45) is 5.32. The summed E-state index contributed by atoms with van der Waals surface area (Å²) in [4.78, 5) is 8.13. The van der Waals surface area contributed by atoms with Gasteiger partial charge in [0.05, 0.1) is 16.4 Å². The van der Waals surface area contributed by atoms with Crippen molar-refractivity contribution in [1.82, 2.24) is 19.7 Å². The quantitative estimate of drug-likeness (QED) is 0.461. The Morgan fingerprint density at radius 2 is 2.00 bits per heavy atom. The zero-order valence-corrected chi connectivity index (χ0v) is 18.0. The summed E-state index contributed by atoms with van der Waals surface area (Å²) in [7, 11) is -0.708. The number of halogens is 2. The predicted molar refractivity (Wildman–Crippen MR) is 110 cm³/mol. The number of hydrogen-bond acceptors (Lipinski definition) is 5. The van der Waals surface area contributed by atoms with Gasteiger partial charge in [0.1, 0.15) is 13.0 Å². The maximum absolute atomic E-state index is 13.1. The van der Waals surface area contributed by atoms with Gasteiger partial charge in [-0.1, -0.05) is 6.07 Å². The van der Waals surface area contributed by atoms with Gasteiger partial charge in [-0.2, -0.15) is 10.1 Å². The molecule has 1 N–H and O–H groups in total. The molecule has 26 heavy (non-hydrogen) atoms. The summed E-state index contributed by atoms with van der Waals surface area (Å²) >= 11 is 9.31. The van der Waals surface area contributed by atoms with Gasteiger partial charge in [0.15, 0.2) is 0 Å². The third kappa shape index (κ3) is 3.85. The third-order valence-electron chi connectivity index (χ3n) is 3.95. The lowest BCUT2D eigenvalue weighted by molar-refractivity contribution is 0.588. The van der Waals surface area contributed by atoms with Crippen LogP contribution in [0.2, 0.25) is 5.28 Å². The zero-order valence-electron chi connectivity index (χ0n) is 14.8. The molecule has 3 aromatic rings. The van der Waals surface area contributed by atoms with Crippen LogP contribution in [0.3, 0.4) is 0 Å². The fourth-order valence-electron chi connectivity index (χ4n) is 2.93. The van der Waals surface area contributed by atoms with E-state index in [4.69, 9.17) is 11.6 Å². The zero-order chi connectivity index (χ0) is 19.1. The number of rotatable bonds is 4. The highest BCUT2D eigenvalue weighted by atomic mass is 79.9. The van der Waals surface area contributed by atoms with Gasteiger partial charge >= 0.3 is 0 Å². The van der Waals surface area contributed by atoms with Crippen molar-refractivity contribution < 1.29 is 4.57 Å². The molecule has 0 amide bonds. The lowest BCUT2D eigenvalue weighted by atomic mass is 10.0. The van der Waals surface area contributed by atoms with E-state index in [-0.39, 0.29) is 5.28 Å². The van der Waals surface area contributed by atoms with E-state index in [1.807, 2.05) is 32.3 Å². The van der Waals surface area contributed by atoms with Gasteiger partial charge < -0.3 is 9.88 Å². The Morgan fingerprint density at radius 3 is 2.62 bits per heavy atom. The Bertz CT molecular complexity index is 1030. The van der Waals surface area contributed by atoms with Crippen LogP contribution in [0, 0.1) is 6.92 Å². The molecule has 0 fully saturated rings. The number of aromatic nitrogens is 4. The maximum Gasteiger partial charge on any atom is 0.224 e. The molecule has 9 heteroatoms. The minimum atomic E-state index is -2.58. The molecule has 0 aliphatic rings. The van der Waals surface area contributed by atoms with Gasteiger partial charge in [0.2, 0.25) is 5.28 Å². The van der Waals surface area contributed by atoms with Crippen molar-refractivity contribution in [3.05, 3.63) is 46.0 Å². The minimum Gasteiger partial charge on any atom is -0.339 e. The predicted octanol–water partition coefficient (Wildman–Crippen LogP) is 4.59. The van der Waals surface area contributed by atoms with Crippen LogP contribution < -0.4 is 10.6 Å². The van der Waals surface area contributed by atoms with Gasteiger partial charge in [-0.15, -0.1) is 0 Å². The normalized spacial score (nSPS) is 11.6. The smallest absolute Gasteiger partial charge is 0.224 e. The maximum atomic E-state index is 13.1. The van der Waals surface area contributed by atoms with E-state index in [1.54, 1.807) is 30.4 Å². The molecule has 6 nitrogen and oxygen atoms in total. The van der Waals surface area contributed by atoms with Crippen molar-refractivity contribution in [3.63, 3.8) is 0 Å². The summed E-state index contributed by atoms with van der Waals surface area (Å²) < 4.78 is 15.5. The van der Waals surface area contributed by atoms with E-state index in [0.29, 0.717) is 10.3 Å². The largest absolute Gasteiger partial charge is 0.339 e. The summed E-state index contributed by atoms with van der Waals surface area (Å²) in [5.41, 5.74) is 3.67. The molecule has 1 aromatic carbocycles. The molecular formula is C17H18BrClN5OP. The average molecular weight is 455 g/mol. The molecule has 0 saturated carbocycles. The lowest BCUT2D eigenvalue weighted by Crippen LogP contribution is -2.15. The molecule has 2 aromatic heterocycles. The molecule has 0 aliphatic carbocycles. The van der Waals surface area contributed by atoms with E-state index in [0.717, 1.165) is 27.7 Å². The number of aryl methyl sites for hydroxylation is 1. The van der Waals surface area contributed by atoms with Gasteiger partial charge in [-0.3, -0.25) is 4.68 Å². The standard InChI is InChI=1S/C17H18BrClN5OP/c1-10-12(11-7-21-24(2)9-11)5-6-14(15(10)26(3,4)25)22-16-13(18)8-20-17(19)23-16/h5-9H,1-4H3,(H,20,22,23). The highest BCUT2D eigenvalue weighted by Gasteiger charge is 2.23. The Labute approximate surface area is 165 Å². The van der Waals surface area contributed by atoms with Crippen LogP contribution in [-0.4, -0.2) is 33.1 Å². The number of benzene rings is 1. The Hall–Kier alpha value is -1.69. The molecule has 0 aliphatic heterocycles. The third-order valence-corrected chi connectivity index (χ3v) is 6.37. The summed E-state index contributed by atoms with van der Waals surface area (Å²) in [6, 6.07) is 3.90. The van der Waals surface area contributed by atoms with Crippen molar-refractivity contribution in [2.75, 3.05) is 18.6 Å². The topological polar surface area (TPSA) is 72.7 Å². The summed E-state index contributed by atoms with van der Waals surface area (Å²) in [5, 5.41) is 8.38. The van der Waals surface area contributed by atoms with Crippen molar-refractivity contribution in [2.45, 2.75) is 6.92 Å². The number of nitrogens with one attached hydrogen (secondary N) is 1. The van der Waals surface area contributed by atoms with E-state index in [1.165, 1.54) is 0 Å². The molecule has 0 spiro atoms. The fourth-order valence-corrected chi connectivity index (χ4v) is 4.99. The van der Waals surface area contributed by atoms with Crippen molar-refractivity contribution >= 4 is 51.5 Å². The molecule has 0 unspecified atom stereocenters. The van der Waals surface area contributed by atoms with Crippen LogP contribution >= 0.6 is 34.7 Å². The first-order valence-corrected chi connectivity index (χ1v) is 11.6. The Balaban J connectivity index is 2.15. The average Bonchev–Trinajstić information content (AvgIpc) is 2.96. The molecule has 0 saturated heterocycles. The van der Waals surface area contributed by atoms with Gasteiger partial charge in [0, 0.05) is 30.3 Å². The van der Waals surface area contributed by atoms with Crippen LogP contribution in [0.15, 0.2) is 35.2 Å². The number of nitrogens with zero attached hydrogens (tertiary/aromatic N) is 4. The molecule has 136 valence electrons. The van der Waals surface area contributed by atoms with Crippen LogP contribution in [0.4, 0.5) is 11.5 Å². The fraction of sp³-hybridized carbons (Fsp3) is 0.235. The molecular weight excluding hydrogens is 437 g/mol. The van der Waals surface area contributed by atoms with Gasteiger partial charge in [-0.25, -0.2) is 4.98 Å². The minimum absolute atomic E-state index is 0.136. The number of hydrogen-bond donors (Lipinski definition) is 1. The second kappa shape index (κ2) is 7.14. The van der Waals surface area contributed by atoms with Gasteiger partial charge in [0.25, 0.3) is 0 Å². The second-order valence-corrected chi connectivity index (χ2v) is 10.7. The molecule has 0 radical (unpaired) electrons. The van der Waals surface area contributed by atoms with E-state index < -0.39 is 7.14 Å². The van der Waals surface area contributed by atoms with Crippen molar-refractivity contribution in [3.8, 4) is 11.1 Å². The number of anilines is 2. The van der Waals surface area contributed by atoms with Crippen LogP contribution in [0.1, 0.15) is 5.56 Å². The van der Waals surface area contributed by atoms with Crippen LogP contribution in [0.25, 0.3) is 11.1 Å². The van der Waals surface area contributed by atoms with E-state index >= 15 is 0 Å². The van der Waals surface area contributed by atoms with E-state index in [9.17, 15) is 4.57 Å². The van der Waals surface area contributed by atoms with Gasteiger partial charge in [-0.05, 0) is 65.0 Å². The Morgan fingerprint density at radius 1 is 1.27 bits per heavy atom. The van der Waals surface area contributed by atoms with Crippen molar-refractivity contribution in [2.24, 2.45) is 7.05 Å². The molecule has 0 atom stereocenters. The lowest BCUT2D eigenvalue weighted by Gasteiger charge is -2.20. The first-order chi connectivity index (χ1) is 12.2. The van der Waals surface area contributed by atoms with E-state index in [2.05, 4.69) is 36.3 Å². The first-order valence-electron chi connectivity index (χ1n) is 7.80. The monoisotopic (exact) mass is 453 g/mol. The summed E-state index contributed by atoms with van der Waals surface area (Å²) in [5.74, 6) is 0.522. The Kier molecular flexibility index (Phi) is 5.24. The molecule has 3 rings (SSSR count). The van der Waals surface area contributed by atoms with Crippen molar-refractivity contribution in [1.29, 1.82) is 0 Å². The molecule has 0 bridgehead atoms. The highest BCUT2D eigenvalue weighted by molar-refractivity contribution is 9.10. The SMILES string of the molecule is Cc1c(-c2cnn(C)c2)ccc(Nc2nc(Cl)ncc2Br)c1P(C)(C)=O.